The number of hydrogen-bond donors (Lipinski definition) is 0. The van der Waals surface area contributed by atoms with E-state index in [1.54, 1.807) is 12.1 Å². The van der Waals surface area contributed by atoms with Crippen LogP contribution >= 0.6 is 0 Å². The third-order valence-corrected chi connectivity index (χ3v) is 9.15. The lowest BCUT2D eigenvalue weighted by Crippen LogP contribution is -2.35. The van der Waals surface area contributed by atoms with E-state index in [-0.39, 0.29) is 29.2 Å². The van der Waals surface area contributed by atoms with Crippen LogP contribution in [0.5, 0.6) is 0 Å². The number of rotatable bonds is 12. The van der Waals surface area contributed by atoms with Crippen molar-refractivity contribution in [3.8, 4) is 0 Å². The molecule has 2 heterocycles. The minimum absolute atomic E-state index is 0.00636. The second-order valence-electron chi connectivity index (χ2n) is 12.1. The minimum atomic E-state index is -0.348. The standard InChI is InChI=1S/C38H38F3N3O/c39-31-13-7-28(8-14-31)34(29-9-15-32(40)16-10-29)4-3-22-43-23-19-27(20-24-43)26-38-42-35-5-1-2-6-36(35)44(38)25-21-37(45)30-11-17-33(41)18-12-30/h1-2,5-18,27,34H,3-4,19-26H2. The van der Waals surface area contributed by atoms with E-state index < -0.39 is 0 Å². The number of hydrogen-bond acceptors (Lipinski definition) is 3. The highest BCUT2D eigenvalue weighted by Gasteiger charge is 2.23. The zero-order valence-electron chi connectivity index (χ0n) is 25.3. The molecular formula is C38H38F3N3O. The number of piperidine rings is 1. The highest BCUT2D eigenvalue weighted by atomic mass is 19.1. The van der Waals surface area contributed by atoms with E-state index in [2.05, 4.69) is 15.5 Å². The van der Waals surface area contributed by atoms with Gasteiger partial charge < -0.3 is 9.47 Å². The Morgan fingerprint density at radius 3 is 1.96 bits per heavy atom. The fraction of sp³-hybridized carbons (Fsp3) is 0.316. The first-order valence-electron chi connectivity index (χ1n) is 15.9. The van der Waals surface area contributed by atoms with Crippen molar-refractivity contribution in [2.24, 2.45) is 5.92 Å². The molecule has 45 heavy (non-hydrogen) atoms. The van der Waals surface area contributed by atoms with Gasteiger partial charge >= 0.3 is 0 Å². The van der Waals surface area contributed by atoms with Gasteiger partial charge in [0, 0.05) is 30.9 Å². The Morgan fingerprint density at radius 1 is 0.756 bits per heavy atom. The molecule has 1 aromatic heterocycles. The Kier molecular flexibility index (Phi) is 9.75. The molecule has 0 amide bonds. The average Bonchev–Trinajstić information content (AvgIpc) is 3.41. The molecule has 0 radical (unpaired) electrons. The zero-order chi connectivity index (χ0) is 31.2. The summed E-state index contributed by atoms with van der Waals surface area (Å²) in [5.74, 6) is 0.750. The van der Waals surface area contributed by atoms with Crippen molar-refractivity contribution < 1.29 is 18.0 Å². The second kappa shape index (κ2) is 14.2. The molecule has 1 aliphatic rings. The summed E-state index contributed by atoms with van der Waals surface area (Å²) >= 11 is 0. The SMILES string of the molecule is O=C(CCn1c(CC2CCN(CCCC(c3ccc(F)cc3)c3ccc(F)cc3)CC2)nc2ccccc21)c1ccc(F)cc1. The number of aromatic nitrogens is 2. The van der Waals surface area contributed by atoms with Crippen LogP contribution in [0.3, 0.4) is 0 Å². The number of benzene rings is 4. The lowest BCUT2D eigenvalue weighted by atomic mass is 9.87. The maximum Gasteiger partial charge on any atom is 0.164 e. The number of likely N-dealkylation sites (tertiary alicyclic amines) is 1. The lowest BCUT2D eigenvalue weighted by Gasteiger charge is -2.32. The van der Waals surface area contributed by atoms with E-state index in [1.807, 2.05) is 42.5 Å². The molecule has 4 nitrogen and oxygen atoms in total. The molecule has 6 rings (SSSR count). The minimum Gasteiger partial charge on any atom is -0.328 e. The predicted molar refractivity (Wildman–Crippen MR) is 172 cm³/mol. The van der Waals surface area contributed by atoms with Crippen molar-refractivity contribution in [1.82, 2.24) is 14.5 Å². The third-order valence-electron chi connectivity index (χ3n) is 9.15. The fourth-order valence-electron chi connectivity index (χ4n) is 6.63. The van der Waals surface area contributed by atoms with Crippen LogP contribution in [-0.4, -0.2) is 39.9 Å². The summed E-state index contributed by atoms with van der Waals surface area (Å²) in [5, 5.41) is 0. The van der Waals surface area contributed by atoms with E-state index in [1.165, 1.54) is 36.4 Å². The van der Waals surface area contributed by atoms with Crippen molar-refractivity contribution in [3.05, 3.63) is 137 Å². The number of fused-ring (bicyclic) bond motifs is 1. The monoisotopic (exact) mass is 609 g/mol. The van der Waals surface area contributed by atoms with E-state index >= 15 is 0 Å². The summed E-state index contributed by atoms with van der Waals surface area (Å²) in [7, 11) is 0. The number of carbonyl (C=O) groups excluding carboxylic acids is 1. The molecule has 0 bridgehead atoms. The molecule has 0 saturated carbocycles. The molecule has 0 unspecified atom stereocenters. The smallest absolute Gasteiger partial charge is 0.164 e. The van der Waals surface area contributed by atoms with Gasteiger partial charge in [-0.05, 0) is 123 Å². The molecule has 1 fully saturated rings. The molecule has 1 saturated heterocycles. The van der Waals surface area contributed by atoms with Crippen LogP contribution < -0.4 is 0 Å². The van der Waals surface area contributed by atoms with E-state index in [9.17, 15) is 18.0 Å². The summed E-state index contributed by atoms with van der Waals surface area (Å²) in [4.78, 5) is 20.3. The highest BCUT2D eigenvalue weighted by molar-refractivity contribution is 5.96. The Hall–Kier alpha value is -4.23. The van der Waals surface area contributed by atoms with Crippen molar-refractivity contribution in [2.45, 2.75) is 51.0 Å². The maximum atomic E-state index is 13.6. The van der Waals surface area contributed by atoms with Gasteiger partial charge in [0.05, 0.1) is 11.0 Å². The highest BCUT2D eigenvalue weighted by Crippen LogP contribution is 2.31. The number of aryl methyl sites for hydroxylation is 1. The van der Waals surface area contributed by atoms with Gasteiger partial charge in [-0.25, -0.2) is 18.2 Å². The molecule has 232 valence electrons. The van der Waals surface area contributed by atoms with Crippen molar-refractivity contribution in [2.75, 3.05) is 19.6 Å². The van der Waals surface area contributed by atoms with Crippen LogP contribution in [0.15, 0.2) is 97.1 Å². The van der Waals surface area contributed by atoms with Crippen LogP contribution in [0.1, 0.15) is 65.3 Å². The van der Waals surface area contributed by atoms with Crippen LogP contribution in [0, 0.1) is 23.4 Å². The Morgan fingerprint density at radius 2 is 1.33 bits per heavy atom. The average molecular weight is 610 g/mol. The summed E-state index contributed by atoms with van der Waals surface area (Å²) in [5.41, 5.74) is 4.59. The molecule has 0 spiro atoms. The lowest BCUT2D eigenvalue weighted by molar-refractivity contribution is 0.0977. The van der Waals surface area contributed by atoms with Gasteiger partial charge in [-0.3, -0.25) is 4.79 Å². The first-order valence-corrected chi connectivity index (χ1v) is 15.9. The van der Waals surface area contributed by atoms with Gasteiger partial charge in [0.15, 0.2) is 5.78 Å². The number of halogens is 3. The van der Waals surface area contributed by atoms with Gasteiger partial charge in [-0.2, -0.15) is 0 Å². The Bertz CT molecular complexity index is 1660. The van der Waals surface area contributed by atoms with Crippen molar-refractivity contribution in [1.29, 1.82) is 0 Å². The molecule has 0 atom stereocenters. The van der Waals surface area contributed by atoms with Crippen molar-refractivity contribution in [3.63, 3.8) is 0 Å². The number of imidazole rings is 1. The summed E-state index contributed by atoms with van der Waals surface area (Å²) < 4.78 is 42.7. The van der Waals surface area contributed by atoms with Crippen LogP contribution in [0.25, 0.3) is 11.0 Å². The molecular weight excluding hydrogens is 571 g/mol. The first kappa shape index (κ1) is 30.8. The quantitative estimate of drug-likeness (QED) is 0.133. The number of nitrogens with zero attached hydrogens (tertiary/aromatic N) is 3. The first-order chi connectivity index (χ1) is 21.9. The Balaban J connectivity index is 1.04. The number of ketones is 1. The number of para-hydroxylation sites is 2. The van der Waals surface area contributed by atoms with Crippen molar-refractivity contribution >= 4 is 16.8 Å². The summed E-state index contributed by atoms with van der Waals surface area (Å²) in [6.45, 7) is 3.56. The molecule has 0 aliphatic carbocycles. The maximum absolute atomic E-state index is 13.6. The van der Waals surface area contributed by atoms with Gasteiger partial charge in [-0.1, -0.05) is 36.4 Å². The number of Topliss-reactive ketones (excluding diaryl/α,β-unsaturated/α-hetero) is 1. The largest absolute Gasteiger partial charge is 0.328 e. The molecule has 0 N–H and O–H groups in total. The van der Waals surface area contributed by atoms with Gasteiger partial charge in [0.1, 0.15) is 23.3 Å². The molecule has 7 heteroatoms. The van der Waals surface area contributed by atoms with Gasteiger partial charge in [0.2, 0.25) is 0 Å². The normalized spacial score (nSPS) is 14.4. The van der Waals surface area contributed by atoms with Crippen LogP contribution in [0.4, 0.5) is 13.2 Å². The van der Waals surface area contributed by atoms with E-state index in [0.717, 1.165) is 79.7 Å². The van der Waals surface area contributed by atoms with Crippen LogP contribution in [0.2, 0.25) is 0 Å². The molecule has 1 aliphatic heterocycles. The van der Waals surface area contributed by atoms with E-state index in [0.29, 0.717) is 24.4 Å². The zero-order valence-corrected chi connectivity index (χ0v) is 25.3. The second-order valence-corrected chi connectivity index (χ2v) is 12.1. The van der Waals surface area contributed by atoms with Gasteiger partial charge in [0.25, 0.3) is 0 Å². The van der Waals surface area contributed by atoms with E-state index in [4.69, 9.17) is 4.98 Å². The third kappa shape index (κ3) is 7.71. The van der Waals surface area contributed by atoms with Gasteiger partial charge in [-0.15, -0.1) is 0 Å². The predicted octanol–water partition coefficient (Wildman–Crippen LogP) is 8.59. The summed E-state index contributed by atoms with van der Waals surface area (Å²) in [6.07, 6.45) is 5.24. The number of carbonyl (C=O) groups is 1. The fourth-order valence-corrected chi connectivity index (χ4v) is 6.63. The Labute approximate surface area is 262 Å². The topological polar surface area (TPSA) is 38.1 Å². The summed E-state index contributed by atoms with van der Waals surface area (Å²) in [6, 6.07) is 27.1. The molecule has 5 aromatic rings. The van der Waals surface area contributed by atoms with Crippen LogP contribution in [-0.2, 0) is 13.0 Å². The molecule has 4 aromatic carbocycles.